The SMILES string of the molecule is CC(=O)Cn1c(C(=O)NCc2cccnc2N2CCCC2)cc(S(=O)(=O)N2CCn3cccc3C2)c1C. The van der Waals surface area contributed by atoms with Crippen molar-refractivity contribution in [2.24, 2.45) is 0 Å². The number of nitrogens with one attached hydrogen (secondary N) is 1. The molecule has 11 heteroatoms. The van der Waals surface area contributed by atoms with E-state index in [1.807, 2.05) is 35.0 Å². The van der Waals surface area contributed by atoms with Crippen molar-refractivity contribution >= 4 is 27.5 Å². The van der Waals surface area contributed by atoms with Crippen molar-refractivity contribution in [1.29, 1.82) is 0 Å². The first-order valence-corrected chi connectivity index (χ1v) is 14.0. The van der Waals surface area contributed by atoms with Crippen LogP contribution in [0.2, 0.25) is 0 Å². The van der Waals surface area contributed by atoms with Crippen LogP contribution in [0.25, 0.3) is 0 Å². The number of pyridine rings is 1. The number of nitrogens with zero attached hydrogens (tertiary/aromatic N) is 5. The largest absolute Gasteiger partial charge is 0.356 e. The minimum atomic E-state index is -3.88. The summed E-state index contributed by atoms with van der Waals surface area (Å²) in [6.45, 7) is 6.25. The Morgan fingerprint density at radius 2 is 1.86 bits per heavy atom. The second-order valence-electron chi connectivity index (χ2n) is 9.66. The molecule has 196 valence electrons. The third kappa shape index (κ3) is 4.93. The predicted molar refractivity (Wildman–Crippen MR) is 139 cm³/mol. The predicted octanol–water partition coefficient (Wildman–Crippen LogP) is 2.32. The lowest BCUT2D eigenvalue weighted by molar-refractivity contribution is -0.117. The lowest BCUT2D eigenvalue weighted by Crippen LogP contribution is -2.38. The molecule has 0 bridgehead atoms. The molecule has 5 rings (SSSR count). The number of amides is 1. The molecule has 1 saturated heterocycles. The number of fused-ring (bicyclic) bond motifs is 1. The molecule has 0 unspecified atom stereocenters. The summed E-state index contributed by atoms with van der Waals surface area (Å²) in [5.41, 5.74) is 2.33. The van der Waals surface area contributed by atoms with Gasteiger partial charge < -0.3 is 19.4 Å². The van der Waals surface area contributed by atoms with E-state index < -0.39 is 15.9 Å². The topological polar surface area (TPSA) is 110 Å². The van der Waals surface area contributed by atoms with Gasteiger partial charge in [0, 0.05) is 62.1 Å². The van der Waals surface area contributed by atoms with Crippen LogP contribution in [0.3, 0.4) is 0 Å². The molecule has 0 saturated carbocycles. The Morgan fingerprint density at radius 3 is 2.62 bits per heavy atom. The molecule has 1 N–H and O–H groups in total. The van der Waals surface area contributed by atoms with Crippen LogP contribution < -0.4 is 10.2 Å². The Kier molecular flexibility index (Phi) is 6.91. The summed E-state index contributed by atoms with van der Waals surface area (Å²) in [4.78, 5) is 32.2. The Balaban J connectivity index is 1.41. The van der Waals surface area contributed by atoms with Gasteiger partial charge in [0.15, 0.2) is 0 Å². The zero-order valence-corrected chi connectivity index (χ0v) is 22.0. The van der Waals surface area contributed by atoms with Crippen LogP contribution in [-0.4, -0.2) is 58.2 Å². The van der Waals surface area contributed by atoms with Gasteiger partial charge in [0.1, 0.15) is 22.2 Å². The number of sulfonamides is 1. The molecular weight excluding hydrogens is 492 g/mol. The molecule has 0 aromatic carbocycles. The molecule has 10 nitrogen and oxygen atoms in total. The summed E-state index contributed by atoms with van der Waals surface area (Å²) in [5.74, 6) is 0.249. The van der Waals surface area contributed by atoms with Crippen LogP contribution in [0.4, 0.5) is 5.82 Å². The number of hydrogen-bond donors (Lipinski definition) is 1. The van der Waals surface area contributed by atoms with Gasteiger partial charge in [-0.1, -0.05) is 6.07 Å². The second-order valence-corrected chi connectivity index (χ2v) is 11.6. The average molecular weight is 525 g/mol. The molecule has 5 heterocycles. The number of ketones is 1. The van der Waals surface area contributed by atoms with E-state index in [4.69, 9.17) is 0 Å². The van der Waals surface area contributed by atoms with E-state index >= 15 is 0 Å². The van der Waals surface area contributed by atoms with Crippen molar-refractivity contribution < 1.29 is 18.0 Å². The normalized spacial score (nSPS) is 16.1. The van der Waals surface area contributed by atoms with Crippen LogP contribution in [0.5, 0.6) is 0 Å². The fourth-order valence-corrected chi connectivity index (χ4v) is 6.82. The maximum absolute atomic E-state index is 13.7. The fourth-order valence-electron chi connectivity index (χ4n) is 5.18. The Hall–Kier alpha value is -3.44. The number of hydrogen-bond acceptors (Lipinski definition) is 6. The summed E-state index contributed by atoms with van der Waals surface area (Å²) in [6.07, 6.45) is 5.91. The maximum Gasteiger partial charge on any atom is 0.268 e. The number of carbonyl (C=O) groups excluding carboxylic acids is 2. The molecule has 3 aromatic rings. The van der Waals surface area contributed by atoms with Gasteiger partial charge in [-0.25, -0.2) is 13.4 Å². The lowest BCUT2D eigenvalue weighted by atomic mass is 10.2. The molecule has 0 atom stereocenters. The van der Waals surface area contributed by atoms with Crippen molar-refractivity contribution in [3.05, 3.63) is 65.4 Å². The molecule has 0 aliphatic carbocycles. The van der Waals surface area contributed by atoms with E-state index in [9.17, 15) is 18.0 Å². The molecule has 2 aliphatic heterocycles. The van der Waals surface area contributed by atoms with Gasteiger partial charge in [0.05, 0.1) is 13.1 Å². The first kappa shape index (κ1) is 25.2. The molecular formula is C26H32N6O4S. The number of rotatable bonds is 8. The van der Waals surface area contributed by atoms with Crippen LogP contribution in [0.1, 0.15) is 47.2 Å². The Labute approximate surface area is 216 Å². The second kappa shape index (κ2) is 10.1. The molecule has 37 heavy (non-hydrogen) atoms. The molecule has 1 amide bonds. The number of carbonyl (C=O) groups is 2. The zero-order valence-electron chi connectivity index (χ0n) is 21.2. The summed E-state index contributed by atoms with van der Waals surface area (Å²) < 4.78 is 32.3. The zero-order chi connectivity index (χ0) is 26.2. The van der Waals surface area contributed by atoms with Gasteiger partial charge in [-0.2, -0.15) is 4.31 Å². The van der Waals surface area contributed by atoms with Gasteiger partial charge in [-0.15, -0.1) is 0 Å². The van der Waals surface area contributed by atoms with E-state index in [2.05, 4.69) is 15.2 Å². The molecule has 0 spiro atoms. The number of aromatic nitrogens is 3. The summed E-state index contributed by atoms with van der Waals surface area (Å²) in [7, 11) is -3.88. The third-order valence-corrected chi connectivity index (χ3v) is 9.08. The minimum Gasteiger partial charge on any atom is -0.356 e. The summed E-state index contributed by atoms with van der Waals surface area (Å²) in [5, 5.41) is 2.92. The van der Waals surface area contributed by atoms with Crippen LogP contribution in [0, 0.1) is 6.92 Å². The van der Waals surface area contributed by atoms with E-state index in [1.165, 1.54) is 21.9 Å². The quantitative estimate of drug-likeness (QED) is 0.484. The minimum absolute atomic E-state index is 0.0537. The van der Waals surface area contributed by atoms with Crippen molar-refractivity contribution in [2.45, 2.75) is 57.8 Å². The van der Waals surface area contributed by atoms with Crippen LogP contribution >= 0.6 is 0 Å². The monoisotopic (exact) mass is 524 g/mol. The highest BCUT2D eigenvalue weighted by Gasteiger charge is 2.33. The summed E-state index contributed by atoms with van der Waals surface area (Å²) in [6, 6.07) is 8.98. The third-order valence-electron chi connectivity index (χ3n) is 7.12. The van der Waals surface area contributed by atoms with Gasteiger partial charge >= 0.3 is 0 Å². The van der Waals surface area contributed by atoms with Crippen molar-refractivity contribution in [1.82, 2.24) is 23.7 Å². The van der Waals surface area contributed by atoms with Crippen molar-refractivity contribution in [3.63, 3.8) is 0 Å². The lowest BCUT2D eigenvalue weighted by Gasteiger charge is -2.27. The highest BCUT2D eigenvalue weighted by molar-refractivity contribution is 7.89. The van der Waals surface area contributed by atoms with Crippen LogP contribution in [-0.2, 0) is 41.0 Å². The van der Waals surface area contributed by atoms with E-state index in [0.717, 1.165) is 43.0 Å². The van der Waals surface area contributed by atoms with Gasteiger partial charge in [0.25, 0.3) is 5.91 Å². The van der Waals surface area contributed by atoms with E-state index in [-0.39, 0.29) is 36.0 Å². The van der Waals surface area contributed by atoms with E-state index in [0.29, 0.717) is 18.8 Å². The van der Waals surface area contributed by atoms with E-state index in [1.54, 1.807) is 13.1 Å². The van der Waals surface area contributed by atoms with Gasteiger partial charge in [-0.05, 0) is 51.0 Å². The smallest absolute Gasteiger partial charge is 0.268 e. The molecule has 1 fully saturated rings. The highest BCUT2D eigenvalue weighted by Crippen LogP contribution is 2.28. The average Bonchev–Trinajstić information content (AvgIpc) is 3.63. The standard InChI is InChI=1S/C26H32N6O4S/c1-19(33)17-32-20(2)24(37(35,36)31-14-13-29-12-6-8-22(29)18-31)15-23(32)26(34)28-16-21-7-5-9-27-25(21)30-10-3-4-11-30/h5-9,12,15H,3-4,10-11,13-14,16-18H2,1-2H3,(H,28,34). The fraction of sp³-hybridized carbons (Fsp3) is 0.423. The van der Waals surface area contributed by atoms with Gasteiger partial charge in [-0.3, -0.25) is 9.59 Å². The van der Waals surface area contributed by atoms with Crippen LogP contribution in [0.15, 0.2) is 47.6 Å². The Bertz CT molecular complexity index is 1430. The number of anilines is 1. The molecule has 0 radical (unpaired) electrons. The molecule has 3 aromatic heterocycles. The van der Waals surface area contributed by atoms with Gasteiger partial charge in [0.2, 0.25) is 10.0 Å². The first-order valence-electron chi connectivity index (χ1n) is 12.6. The Morgan fingerprint density at radius 1 is 1.08 bits per heavy atom. The highest BCUT2D eigenvalue weighted by atomic mass is 32.2. The van der Waals surface area contributed by atoms with Crippen molar-refractivity contribution in [2.75, 3.05) is 24.5 Å². The molecule has 2 aliphatic rings. The van der Waals surface area contributed by atoms with Crippen molar-refractivity contribution in [3.8, 4) is 0 Å². The maximum atomic E-state index is 13.7. The first-order chi connectivity index (χ1) is 17.8. The summed E-state index contributed by atoms with van der Waals surface area (Å²) >= 11 is 0. The number of Topliss-reactive ketones (excluding diaryl/α,β-unsaturated/α-hetero) is 1.